The molecule has 0 amide bonds. The summed E-state index contributed by atoms with van der Waals surface area (Å²) in [6.45, 7) is 2.41. The maximum atomic E-state index is 11.8. The highest BCUT2D eigenvalue weighted by atomic mass is 35.5. The first kappa shape index (κ1) is 15.8. The number of hydrogen-bond donors (Lipinski definition) is 0. The molecule has 2 aromatic rings. The van der Waals surface area contributed by atoms with Crippen LogP contribution in [0.2, 0.25) is 5.02 Å². The maximum absolute atomic E-state index is 11.8. The molecule has 0 aliphatic carbocycles. The van der Waals surface area contributed by atoms with E-state index < -0.39 is 0 Å². The molecule has 2 aliphatic heterocycles. The van der Waals surface area contributed by atoms with E-state index in [-0.39, 0.29) is 11.2 Å². The number of halogens is 1. The zero-order valence-corrected chi connectivity index (χ0v) is 14.6. The van der Waals surface area contributed by atoms with Crippen LogP contribution in [0.15, 0.2) is 29.4 Å². The number of thioether (sulfide) groups is 1. The molecular weight excluding hydrogens is 348 g/mol. The molecule has 8 heteroatoms. The van der Waals surface area contributed by atoms with Gasteiger partial charge in [-0.2, -0.15) is 0 Å². The number of esters is 1. The summed E-state index contributed by atoms with van der Waals surface area (Å²) in [4.78, 5) is 14.0. The fourth-order valence-corrected chi connectivity index (χ4v) is 4.21. The number of hydrogen-bond acceptors (Lipinski definition) is 6. The summed E-state index contributed by atoms with van der Waals surface area (Å²) in [5, 5.41) is 9.87. The van der Waals surface area contributed by atoms with Crippen LogP contribution in [0.4, 0.5) is 5.95 Å². The lowest BCUT2D eigenvalue weighted by molar-refractivity contribution is -0.137. The first-order valence-electron chi connectivity index (χ1n) is 8.02. The van der Waals surface area contributed by atoms with Gasteiger partial charge >= 0.3 is 5.97 Å². The summed E-state index contributed by atoms with van der Waals surface area (Å²) in [5.74, 6) is 0.631. The van der Waals surface area contributed by atoms with Crippen LogP contribution in [0.1, 0.15) is 19.3 Å². The monoisotopic (exact) mass is 364 g/mol. The van der Waals surface area contributed by atoms with Gasteiger partial charge in [0.1, 0.15) is 5.25 Å². The molecule has 0 bridgehead atoms. The summed E-state index contributed by atoms with van der Waals surface area (Å²) in [5.41, 5.74) is 0.906. The van der Waals surface area contributed by atoms with Crippen LogP contribution in [-0.4, -0.2) is 45.7 Å². The van der Waals surface area contributed by atoms with E-state index in [0.29, 0.717) is 23.2 Å². The van der Waals surface area contributed by atoms with Crippen LogP contribution < -0.4 is 4.90 Å². The van der Waals surface area contributed by atoms with Crippen molar-refractivity contribution in [1.82, 2.24) is 14.8 Å². The van der Waals surface area contributed by atoms with Gasteiger partial charge < -0.3 is 9.64 Å². The second-order valence-electron chi connectivity index (χ2n) is 5.85. The standard InChI is InChI=1S/C16H17ClN4O2S/c17-11-4-3-5-12(10-11)21-15(20-7-1-2-8-20)18-19-16(21)24-13-6-9-23-14(13)22/h3-5,10,13H,1-2,6-9H2. The van der Waals surface area contributed by atoms with Gasteiger partial charge in [0.05, 0.1) is 12.3 Å². The predicted octanol–water partition coefficient (Wildman–Crippen LogP) is 2.93. The third-order valence-electron chi connectivity index (χ3n) is 4.21. The van der Waals surface area contributed by atoms with Crippen molar-refractivity contribution in [3.63, 3.8) is 0 Å². The summed E-state index contributed by atoms with van der Waals surface area (Å²) in [6.07, 6.45) is 3.00. The molecule has 2 aliphatic rings. The number of aromatic nitrogens is 3. The van der Waals surface area contributed by atoms with E-state index in [0.717, 1.165) is 37.6 Å². The van der Waals surface area contributed by atoms with Crippen molar-refractivity contribution >= 4 is 35.3 Å². The van der Waals surface area contributed by atoms with Crippen LogP contribution in [0.25, 0.3) is 5.69 Å². The van der Waals surface area contributed by atoms with Gasteiger partial charge in [0.2, 0.25) is 5.95 Å². The highest BCUT2D eigenvalue weighted by molar-refractivity contribution is 8.00. The van der Waals surface area contributed by atoms with Crippen molar-refractivity contribution in [2.24, 2.45) is 0 Å². The Hall–Kier alpha value is -1.73. The molecule has 0 radical (unpaired) electrons. The van der Waals surface area contributed by atoms with Crippen LogP contribution in [0, 0.1) is 0 Å². The molecule has 1 aromatic carbocycles. The Morgan fingerprint density at radius 3 is 2.79 bits per heavy atom. The van der Waals surface area contributed by atoms with Crippen LogP contribution in [-0.2, 0) is 9.53 Å². The number of ether oxygens (including phenoxy) is 1. The van der Waals surface area contributed by atoms with Gasteiger partial charge in [-0.15, -0.1) is 10.2 Å². The van der Waals surface area contributed by atoms with Gasteiger partial charge in [-0.3, -0.25) is 9.36 Å². The van der Waals surface area contributed by atoms with Gasteiger partial charge in [-0.05, 0) is 31.0 Å². The third-order valence-corrected chi connectivity index (χ3v) is 5.63. The Labute approximate surface area is 149 Å². The van der Waals surface area contributed by atoms with Gasteiger partial charge in [0.15, 0.2) is 5.16 Å². The molecule has 1 atom stereocenters. The topological polar surface area (TPSA) is 60.2 Å². The highest BCUT2D eigenvalue weighted by Gasteiger charge is 2.31. The quantitative estimate of drug-likeness (QED) is 0.777. The molecule has 0 saturated carbocycles. The van der Waals surface area contributed by atoms with Crippen LogP contribution in [0.5, 0.6) is 0 Å². The zero-order chi connectivity index (χ0) is 16.5. The second-order valence-corrected chi connectivity index (χ2v) is 7.46. The molecule has 6 nitrogen and oxygen atoms in total. The molecule has 1 unspecified atom stereocenters. The van der Waals surface area contributed by atoms with Crippen LogP contribution >= 0.6 is 23.4 Å². The van der Waals surface area contributed by atoms with E-state index in [2.05, 4.69) is 15.1 Å². The Bertz CT molecular complexity index is 760. The third kappa shape index (κ3) is 2.98. The fraction of sp³-hybridized carbons (Fsp3) is 0.438. The smallest absolute Gasteiger partial charge is 0.319 e. The average molecular weight is 365 g/mol. The van der Waals surface area contributed by atoms with Gasteiger partial charge in [0, 0.05) is 24.5 Å². The molecule has 2 fully saturated rings. The predicted molar refractivity (Wildman–Crippen MR) is 93.0 cm³/mol. The second kappa shape index (κ2) is 6.64. The number of nitrogens with zero attached hydrogens (tertiary/aromatic N) is 4. The van der Waals surface area contributed by atoms with Crippen molar-refractivity contribution < 1.29 is 9.53 Å². The van der Waals surface area contributed by atoms with E-state index in [1.165, 1.54) is 11.8 Å². The van der Waals surface area contributed by atoms with E-state index in [1.54, 1.807) is 0 Å². The first-order valence-corrected chi connectivity index (χ1v) is 9.28. The number of carbonyl (C=O) groups is 1. The molecule has 2 saturated heterocycles. The first-order chi connectivity index (χ1) is 11.7. The number of benzene rings is 1. The van der Waals surface area contributed by atoms with Gasteiger partial charge in [0.25, 0.3) is 0 Å². The minimum Gasteiger partial charge on any atom is -0.465 e. The molecule has 0 N–H and O–H groups in total. The summed E-state index contributed by atoms with van der Waals surface area (Å²) < 4.78 is 7.05. The zero-order valence-electron chi connectivity index (χ0n) is 13.0. The number of rotatable bonds is 4. The lowest BCUT2D eigenvalue weighted by atomic mass is 10.3. The maximum Gasteiger partial charge on any atom is 0.319 e. The number of cyclic esters (lactones) is 1. The van der Waals surface area contributed by atoms with Crippen molar-refractivity contribution in [2.75, 3.05) is 24.6 Å². The van der Waals surface area contributed by atoms with E-state index in [4.69, 9.17) is 16.3 Å². The van der Waals surface area contributed by atoms with E-state index >= 15 is 0 Å². The molecule has 3 heterocycles. The lowest BCUT2D eigenvalue weighted by Crippen LogP contribution is -2.22. The van der Waals surface area contributed by atoms with Gasteiger partial charge in [-0.1, -0.05) is 29.4 Å². The van der Waals surface area contributed by atoms with E-state index in [9.17, 15) is 4.79 Å². The minimum atomic E-state index is -0.224. The Kier molecular flexibility index (Phi) is 4.37. The molecule has 0 spiro atoms. The number of anilines is 1. The molecule has 4 rings (SSSR count). The van der Waals surface area contributed by atoms with E-state index in [1.807, 2.05) is 28.8 Å². The lowest BCUT2D eigenvalue weighted by Gasteiger charge is -2.18. The van der Waals surface area contributed by atoms with Crippen molar-refractivity contribution in [1.29, 1.82) is 0 Å². The fourth-order valence-electron chi connectivity index (χ4n) is 3.01. The minimum absolute atomic E-state index is 0.177. The van der Waals surface area contributed by atoms with Crippen LogP contribution in [0.3, 0.4) is 0 Å². The Morgan fingerprint density at radius 1 is 1.25 bits per heavy atom. The Balaban J connectivity index is 1.74. The number of carbonyl (C=O) groups excluding carboxylic acids is 1. The Morgan fingerprint density at radius 2 is 2.08 bits per heavy atom. The van der Waals surface area contributed by atoms with Crippen molar-refractivity contribution in [3.8, 4) is 5.69 Å². The van der Waals surface area contributed by atoms with Gasteiger partial charge in [-0.25, -0.2) is 0 Å². The highest BCUT2D eigenvalue weighted by Crippen LogP contribution is 2.34. The summed E-state index contributed by atoms with van der Waals surface area (Å²) in [7, 11) is 0. The van der Waals surface area contributed by atoms with Crippen molar-refractivity contribution in [2.45, 2.75) is 29.7 Å². The normalized spacial score (nSPS) is 20.6. The molecule has 1 aromatic heterocycles. The SMILES string of the molecule is O=C1OCCC1Sc1nnc(N2CCCC2)n1-c1cccc(Cl)c1. The summed E-state index contributed by atoms with van der Waals surface area (Å²) >= 11 is 7.58. The molecule has 24 heavy (non-hydrogen) atoms. The molecular formula is C16H17ClN4O2S. The summed E-state index contributed by atoms with van der Waals surface area (Å²) in [6, 6.07) is 7.61. The average Bonchev–Trinajstić information content (AvgIpc) is 3.29. The molecule has 126 valence electrons. The van der Waals surface area contributed by atoms with Crippen molar-refractivity contribution in [3.05, 3.63) is 29.3 Å². The largest absolute Gasteiger partial charge is 0.465 e.